The summed E-state index contributed by atoms with van der Waals surface area (Å²) >= 11 is 0. The Morgan fingerprint density at radius 3 is 3.05 bits per heavy atom. The van der Waals surface area contributed by atoms with E-state index in [0.29, 0.717) is 6.42 Å². The second-order valence-electron chi connectivity index (χ2n) is 5.85. The molecule has 1 atom stereocenters. The minimum Gasteiger partial charge on any atom is -0.496 e. The molecule has 21 heavy (non-hydrogen) atoms. The first-order valence-corrected chi connectivity index (χ1v) is 7.62. The lowest BCUT2D eigenvalue weighted by molar-refractivity contribution is -0.137. The van der Waals surface area contributed by atoms with Crippen molar-refractivity contribution >= 4 is 5.91 Å². The fourth-order valence-electron chi connectivity index (χ4n) is 3.44. The summed E-state index contributed by atoms with van der Waals surface area (Å²) in [5, 5.41) is 3.32. The number of nitrogens with one attached hydrogen (secondary N) is 1. The zero-order valence-electron chi connectivity index (χ0n) is 12.5. The summed E-state index contributed by atoms with van der Waals surface area (Å²) in [6.07, 6.45) is 2.44. The lowest BCUT2D eigenvalue weighted by Gasteiger charge is -2.31. The van der Waals surface area contributed by atoms with Crippen molar-refractivity contribution in [3.05, 3.63) is 29.3 Å². The number of hydrogen-bond acceptors (Lipinski definition) is 4. The molecule has 5 nitrogen and oxygen atoms in total. The van der Waals surface area contributed by atoms with Gasteiger partial charge in [0.15, 0.2) is 0 Å². The topological polar surface area (TPSA) is 67.6 Å². The maximum atomic E-state index is 13.0. The van der Waals surface area contributed by atoms with Crippen molar-refractivity contribution in [2.75, 3.05) is 33.3 Å². The number of hydrogen-bond donors (Lipinski definition) is 2. The largest absolute Gasteiger partial charge is 0.496 e. The van der Waals surface area contributed by atoms with E-state index in [1.165, 1.54) is 0 Å². The summed E-state index contributed by atoms with van der Waals surface area (Å²) in [6.45, 7) is 3.32. The average molecular weight is 289 g/mol. The van der Waals surface area contributed by atoms with Crippen LogP contribution < -0.4 is 15.8 Å². The summed E-state index contributed by atoms with van der Waals surface area (Å²) in [6, 6.07) is 5.82. The van der Waals surface area contributed by atoms with Crippen LogP contribution in [-0.2, 0) is 16.8 Å². The molecule has 1 unspecified atom stereocenters. The number of amides is 1. The lowest BCUT2D eigenvalue weighted by atomic mass is 9.91. The number of nitrogens with zero attached hydrogens (tertiary/aromatic N) is 1. The number of nitrogens with two attached hydrogens (primary N) is 1. The molecule has 1 amide bonds. The zero-order chi connectivity index (χ0) is 14.9. The van der Waals surface area contributed by atoms with Crippen LogP contribution in [0.25, 0.3) is 0 Å². The van der Waals surface area contributed by atoms with Crippen LogP contribution in [0.15, 0.2) is 18.2 Å². The number of fused-ring (bicyclic) bond motifs is 1. The van der Waals surface area contributed by atoms with Crippen molar-refractivity contribution in [1.82, 2.24) is 10.2 Å². The molecular formula is C16H23N3O2. The van der Waals surface area contributed by atoms with Gasteiger partial charge in [0.05, 0.1) is 7.11 Å². The van der Waals surface area contributed by atoms with Crippen LogP contribution in [0.4, 0.5) is 0 Å². The van der Waals surface area contributed by atoms with E-state index in [0.717, 1.165) is 55.9 Å². The summed E-state index contributed by atoms with van der Waals surface area (Å²) in [7, 11) is 1.66. The third-order valence-electron chi connectivity index (χ3n) is 4.61. The highest BCUT2D eigenvalue weighted by molar-refractivity contribution is 5.89. The van der Waals surface area contributed by atoms with E-state index in [2.05, 4.69) is 5.32 Å². The van der Waals surface area contributed by atoms with Gasteiger partial charge in [-0.05, 0) is 43.0 Å². The average Bonchev–Trinajstić information content (AvgIpc) is 2.70. The van der Waals surface area contributed by atoms with Gasteiger partial charge in [0, 0.05) is 19.6 Å². The van der Waals surface area contributed by atoms with E-state index in [-0.39, 0.29) is 5.91 Å². The monoisotopic (exact) mass is 289 g/mol. The van der Waals surface area contributed by atoms with Crippen LogP contribution in [0.1, 0.15) is 24.0 Å². The van der Waals surface area contributed by atoms with E-state index in [4.69, 9.17) is 10.5 Å². The molecule has 0 saturated carbocycles. The molecule has 1 saturated heterocycles. The first-order valence-electron chi connectivity index (χ1n) is 7.62. The van der Waals surface area contributed by atoms with Crippen LogP contribution in [0.5, 0.6) is 5.75 Å². The predicted octanol–water partition coefficient (Wildman–Crippen LogP) is 0.617. The van der Waals surface area contributed by atoms with E-state index in [1.54, 1.807) is 7.11 Å². The van der Waals surface area contributed by atoms with Crippen LogP contribution in [0.3, 0.4) is 0 Å². The number of carbonyl (C=O) groups excluding carboxylic acids is 1. The van der Waals surface area contributed by atoms with E-state index < -0.39 is 5.54 Å². The second kappa shape index (κ2) is 5.66. The number of rotatable bonds is 2. The van der Waals surface area contributed by atoms with Gasteiger partial charge in [-0.1, -0.05) is 12.1 Å². The molecule has 2 aliphatic rings. The highest BCUT2D eigenvalue weighted by Crippen LogP contribution is 2.40. The highest BCUT2D eigenvalue weighted by atomic mass is 16.5. The minimum absolute atomic E-state index is 0.0539. The van der Waals surface area contributed by atoms with Crippen LogP contribution >= 0.6 is 0 Å². The van der Waals surface area contributed by atoms with Gasteiger partial charge in [0.1, 0.15) is 11.3 Å². The van der Waals surface area contributed by atoms with Crippen molar-refractivity contribution in [3.63, 3.8) is 0 Å². The van der Waals surface area contributed by atoms with Gasteiger partial charge < -0.3 is 20.7 Å². The Morgan fingerprint density at radius 1 is 1.38 bits per heavy atom. The van der Waals surface area contributed by atoms with Gasteiger partial charge >= 0.3 is 0 Å². The van der Waals surface area contributed by atoms with Crippen molar-refractivity contribution in [3.8, 4) is 5.75 Å². The number of carbonyl (C=O) groups is 1. The summed E-state index contributed by atoms with van der Waals surface area (Å²) in [5.74, 6) is 0.892. The first kappa shape index (κ1) is 14.4. The molecule has 1 heterocycles. The molecule has 1 fully saturated rings. The molecule has 1 aromatic carbocycles. The number of ether oxygens (including phenoxy) is 1. The van der Waals surface area contributed by atoms with Crippen molar-refractivity contribution < 1.29 is 9.53 Å². The maximum Gasteiger partial charge on any atom is 0.247 e. The first-order chi connectivity index (χ1) is 10.2. The van der Waals surface area contributed by atoms with E-state index in [9.17, 15) is 4.79 Å². The van der Waals surface area contributed by atoms with Crippen molar-refractivity contribution in [1.29, 1.82) is 0 Å². The zero-order valence-corrected chi connectivity index (χ0v) is 12.5. The Kier molecular flexibility index (Phi) is 3.87. The summed E-state index contributed by atoms with van der Waals surface area (Å²) < 4.78 is 5.41. The molecule has 3 N–H and O–H groups in total. The van der Waals surface area contributed by atoms with Gasteiger partial charge in [-0.3, -0.25) is 4.79 Å². The minimum atomic E-state index is -0.895. The molecular weight excluding hydrogens is 266 g/mol. The van der Waals surface area contributed by atoms with Crippen LogP contribution in [0, 0.1) is 0 Å². The molecule has 3 rings (SSSR count). The SMILES string of the molecule is COc1cccc2c1CCC2(N)C(=O)N1CCCNCC1. The molecule has 1 aliphatic carbocycles. The number of methoxy groups -OCH3 is 1. The van der Waals surface area contributed by atoms with Crippen LogP contribution in [-0.4, -0.2) is 44.1 Å². The molecule has 114 valence electrons. The fourth-order valence-corrected chi connectivity index (χ4v) is 3.44. The van der Waals surface area contributed by atoms with Gasteiger partial charge in [-0.2, -0.15) is 0 Å². The standard InChI is InChI=1S/C16H23N3O2/c1-21-14-5-2-4-13-12(14)6-7-16(13,17)15(20)19-10-3-8-18-9-11-19/h2,4-5,18H,3,6-11,17H2,1H3. The van der Waals surface area contributed by atoms with Gasteiger partial charge in [0.25, 0.3) is 0 Å². The van der Waals surface area contributed by atoms with Gasteiger partial charge in [-0.15, -0.1) is 0 Å². The molecule has 0 radical (unpaired) electrons. The number of benzene rings is 1. The quantitative estimate of drug-likeness (QED) is 0.837. The molecule has 1 aromatic rings. The highest BCUT2D eigenvalue weighted by Gasteiger charge is 2.45. The third-order valence-corrected chi connectivity index (χ3v) is 4.61. The van der Waals surface area contributed by atoms with Crippen molar-refractivity contribution in [2.45, 2.75) is 24.8 Å². The van der Waals surface area contributed by atoms with E-state index >= 15 is 0 Å². The van der Waals surface area contributed by atoms with Crippen LogP contribution in [0.2, 0.25) is 0 Å². The Balaban J connectivity index is 1.91. The molecule has 0 aromatic heterocycles. The maximum absolute atomic E-state index is 13.0. The lowest BCUT2D eigenvalue weighted by Crippen LogP contribution is -2.52. The molecule has 0 bridgehead atoms. The summed E-state index contributed by atoms with van der Waals surface area (Å²) in [5.41, 5.74) is 7.68. The normalized spacial score (nSPS) is 25.3. The molecule has 1 aliphatic heterocycles. The Bertz CT molecular complexity index is 538. The van der Waals surface area contributed by atoms with Crippen molar-refractivity contribution in [2.24, 2.45) is 5.73 Å². The molecule has 0 spiro atoms. The molecule has 5 heteroatoms. The van der Waals surface area contributed by atoms with E-state index in [1.807, 2.05) is 23.1 Å². The Morgan fingerprint density at radius 2 is 2.24 bits per heavy atom. The third kappa shape index (κ3) is 2.40. The fraction of sp³-hybridized carbons (Fsp3) is 0.562. The Labute approximate surface area is 125 Å². The smallest absolute Gasteiger partial charge is 0.247 e. The predicted molar refractivity (Wildman–Crippen MR) is 81.2 cm³/mol. The summed E-state index contributed by atoms with van der Waals surface area (Å²) in [4.78, 5) is 14.9. The second-order valence-corrected chi connectivity index (χ2v) is 5.85. The van der Waals surface area contributed by atoms with Gasteiger partial charge in [0.2, 0.25) is 5.91 Å². The Hall–Kier alpha value is -1.59. The van der Waals surface area contributed by atoms with Gasteiger partial charge in [-0.25, -0.2) is 0 Å².